The van der Waals surface area contributed by atoms with Crippen molar-refractivity contribution in [1.82, 2.24) is 5.32 Å². The summed E-state index contributed by atoms with van der Waals surface area (Å²) in [5.74, 6) is 2.82. The van der Waals surface area contributed by atoms with Gasteiger partial charge in [-0.1, -0.05) is 33.6 Å². The van der Waals surface area contributed by atoms with Crippen molar-refractivity contribution in [1.29, 1.82) is 0 Å². The van der Waals surface area contributed by atoms with Crippen LogP contribution in [0.1, 0.15) is 59.3 Å². The molecule has 0 spiro atoms. The fourth-order valence-electron chi connectivity index (χ4n) is 2.47. The number of nitrogens with one attached hydrogen (secondary N) is 1. The van der Waals surface area contributed by atoms with Crippen LogP contribution in [0.4, 0.5) is 0 Å². The first-order chi connectivity index (χ1) is 7.18. The lowest BCUT2D eigenvalue weighted by Gasteiger charge is -2.26. The van der Waals surface area contributed by atoms with E-state index in [2.05, 4.69) is 26.1 Å². The smallest absolute Gasteiger partial charge is 0.00205 e. The fourth-order valence-corrected chi connectivity index (χ4v) is 2.47. The van der Waals surface area contributed by atoms with E-state index < -0.39 is 0 Å². The molecule has 0 radical (unpaired) electrons. The van der Waals surface area contributed by atoms with Crippen LogP contribution >= 0.6 is 0 Å². The molecule has 0 atom stereocenters. The lowest BCUT2D eigenvalue weighted by molar-refractivity contribution is 0.281. The second-order valence-corrected chi connectivity index (χ2v) is 5.87. The summed E-state index contributed by atoms with van der Waals surface area (Å²) >= 11 is 0. The zero-order valence-electron chi connectivity index (χ0n) is 10.9. The van der Waals surface area contributed by atoms with Crippen LogP contribution in [0.3, 0.4) is 0 Å². The molecule has 0 unspecified atom stereocenters. The number of hydrogen-bond donors (Lipinski definition) is 1. The van der Waals surface area contributed by atoms with E-state index in [1.807, 2.05) is 0 Å². The van der Waals surface area contributed by atoms with E-state index in [-0.39, 0.29) is 0 Å². The highest BCUT2D eigenvalue weighted by atomic mass is 14.9. The summed E-state index contributed by atoms with van der Waals surface area (Å²) in [6.45, 7) is 9.51. The molecule has 1 heteroatoms. The predicted molar refractivity (Wildman–Crippen MR) is 68.1 cm³/mol. The van der Waals surface area contributed by atoms with Gasteiger partial charge in [-0.2, -0.15) is 0 Å². The van der Waals surface area contributed by atoms with Gasteiger partial charge in [0.15, 0.2) is 0 Å². The molecule has 1 nitrogen and oxygen atoms in total. The van der Waals surface area contributed by atoms with Crippen molar-refractivity contribution in [2.75, 3.05) is 13.1 Å². The molecule has 0 amide bonds. The summed E-state index contributed by atoms with van der Waals surface area (Å²) in [6.07, 6.45) is 8.54. The molecule has 1 rings (SSSR count). The number of rotatable bonds is 6. The Kier molecular flexibility index (Phi) is 6.31. The van der Waals surface area contributed by atoms with Crippen LogP contribution in [-0.4, -0.2) is 13.1 Å². The summed E-state index contributed by atoms with van der Waals surface area (Å²) in [6, 6.07) is 0. The molecule has 1 aliphatic carbocycles. The van der Waals surface area contributed by atoms with Crippen LogP contribution in [0.25, 0.3) is 0 Å². The van der Waals surface area contributed by atoms with Crippen LogP contribution in [0.15, 0.2) is 0 Å². The third-order valence-electron chi connectivity index (χ3n) is 3.70. The van der Waals surface area contributed by atoms with Gasteiger partial charge >= 0.3 is 0 Å². The predicted octanol–water partition coefficient (Wildman–Crippen LogP) is 3.84. The van der Waals surface area contributed by atoms with Gasteiger partial charge in [-0.25, -0.2) is 0 Å². The van der Waals surface area contributed by atoms with E-state index in [0.29, 0.717) is 0 Å². The van der Waals surface area contributed by atoms with Crippen LogP contribution in [0.2, 0.25) is 0 Å². The summed E-state index contributed by atoms with van der Waals surface area (Å²) in [5.41, 5.74) is 0. The van der Waals surface area contributed by atoms with Gasteiger partial charge < -0.3 is 5.32 Å². The first-order valence-electron chi connectivity index (χ1n) is 6.89. The lowest BCUT2D eigenvalue weighted by Crippen LogP contribution is -2.26. The minimum atomic E-state index is 0.863. The fraction of sp³-hybridized carbons (Fsp3) is 1.00. The molecule has 0 saturated heterocycles. The van der Waals surface area contributed by atoms with Gasteiger partial charge in [0.1, 0.15) is 0 Å². The topological polar surface area (TPSA) is 12.0 Å². The first-order valence-corrected chi connectivity index (χ1v) is 6.89. The number of hydrogen-bond acceptors (Lipinski definition) is 1. The van der Waals surface area contributed by atoms with Crippen LogP contribution in [0.5, 0.6) is 0 Å². The molecular formula is C14H29N. The maximum atomic E-state index is 3.63. The van der Waals surface area contributed by atoms with E-state index in [0.717, 1.165) is 17.8 Å². The van der Waals surface area contributed by atoms with Gasteiger partial charge in [-0.3, -0.25) is 0 Å². The van der Waals surface area contributed by atoms with Crippen molar-refractivity contribution >= 4 is 0 Å². The van der Waals surface area contributed by atoms with Gasteiger partial charge in [-0.15, -0.1) is 0 Å². The molecule has 1 saturated carbocycles. The van der Waals surface area contributed by atoms with Crippen molar-refractivity contribution in [3.8, 4) is 0 Å². The standard InChI is InChI=1S/C14H29N/c1-12(2)5-4-10-15-11-14-8-6-13(3)7-9-14/h12-15H,4-11H2,1-3H3. The van der Waals surface area contributed by atoms with Gasteiger partial charge in [-0.05, 0) is 56.5 Å². The third-order valence-corrected chi connectivity index (χ3v) is 3.70. The van der Waals surface area contributed by atoms with Crippen molar-refractivity contribution in [2.24, 2.45) is 17.8 Å². The Morgan fingerprint density at radius 1 is 1.13 bits per heavy atom. The Morgan fingerprint density at radius 3 is 2.40 bits per heavy atom. The summed E-state index contributed by atoms with van der Waals surface area (Å²) in [7, 11) is 0. The maximum Gasteiger partial charge on any atom is -0.00205 e. The van der Waals surface area contributed by atoms with Crippen molar-refractivity contribution in [2.45, 2.75) is 59.3 Å². The highest BCUT2D eigenvalue weighted by Gasteiger charge is 2.17. The zero-order valence-corrected chi connectivity index (χ0v) is 10.9. The first kappa shape index (κ1) is 13.0. The Hall–Kier alpha value is -0.0400. The second kappa shape index (κ2) is 7.27. The Morgan fingerprint density at radius 2 is 1.80 bits per heavy atom. The summed E-state index contributed by atoms with van der Waals surface area (Å²) < 4.78 is 0. The normalized spacial score (nSPS) is 27.2. The van der Waals surface area contributed by atoms with E-state index in [1.54, 1.807) is 0 Å². The molecule has 1 aliphatic rings. The van der Waals surface area contributed by atoms with Crippen LogP contribution in [0, 0.1) is 17.8 Å². The molecule has 0 aromatic carbocycles. The van der Waals surface area contributed by atoms with E-state index >= 15 is 0 Å². The summed E-state index contributed by atoms with van der Waals surface area (Å²) in [5, 5.41) is 3.63. The van der Waals surface area contributed by atoms with Gasteiger partial charge in [0.05, 0.1) is 0 Å². The molecular weight excluding hydrogens is 182 g/mol. The monoisotopic (exact) mass is 211 g/mol. The largest absolute Gasteiger partial charge is 0.316 e. The Labute approximate surface area is 96.0 Å². The highest BCUT2D eigenvalue weighted by Crippen LogP contribution is 2.27. The molecule has 1 N–H and O–H groups in total. The highest BCUT2D eigenvalue weighted by molar-refractivity contribution is 4.71. The van der Waals surface area contributed by atoms with E-state index in [4.69, 9.17) is 0 Å². The molecule has 1 fully saturated rings. The average Bonchev–Trinajstić information content (AvgIpc) is 2.20. The molecule has 0 heterocycles. The SMILES string of the molecule is CC(C)CCCNCC1CCC(C)CC1. The minimum absolute atomic E-state index is 0.863. The van der Waals surface area contributed by atoms with Gasteiger partial charge in [0, 0.05) is 0 Å². The Bertz CT molecular complexity index is 145. The van der Waals surface area contributed by atoms with Gasteiger partial charge in [0.2, 0.25) is 0 Å². The average molecular weight is 211 g/mol. The van der Waals surface area contributed by atoms with Crippen molar-refractivity contribution in [3.63, 3.8) is 0 Å². The third kappa shape index (κ3) is 6.19. The zero-order chi connectivity index (χ0) is 11.1. The maximum absolute atomic E-state index is 3.63. The minimum Gasteiger partial charge on any atom is -0.316 e. The molecule has 0 aliphatic heterocycles. The summed E-state index contributed by atoms with van der Waals surface area (Å²) in [4.78, 5) is 0. The Balaban J connectivity index is 1.91. The van der Waals surface area contributed by atoms with E-state index in [1.165, 1.54) is 51.6 Å². The van der Waals surface area contributed by atoms with Crippen molar-refractivity contribution in [3.05, 3.63) is 0 Å². The molecule has 0 bridgehead atoms. The van der Waals surface area contributed by atoms with Crippen LogP contribution < -0.4 is 5.32 Å². The molecule has 0 aromatic heterocycles. The molecule has 90 valence electrons. The quantitative estimate of drug-likeness (QED) is 0.658. The molecule has 15 heavy (non-hydrogen) atoms. The van der Waals surface area contributed by atoms with Crippen LogP contribution in [-0.2, 0) is 0 Å². The molecule has 0 aromatic rings. The van der Waals surface area contributed by atoms with Crippen molar-refractivity contribution < 1.29 is 0 Å². The van der Waals surface area contributed by atoms with E-state index in [9.17, 15) is 0 Å². The second-order valence-electron chi connectivity index (χ2n) is 5.87. The van der Waals surface area contributed by atoms with Gasteiger partial charge in [0.25, 0.3) is 0 Å². The lowest BCUT2D eigenvalue weighted by atomic mass is 9.83.